The summed E-state index contributed by atoms with van der Waals surface area (Å²) in [4.78, 5) is 12.3. The third-order valence-electron chi connectivity index (χ3n) is 2.78. The molecule has 0 spiro atoms. The first kappa shape index (κ1) is 21.8. The molecule has 0 unspecified atom stereocenters. The first-order valence-corrected chi connectivity index (χ1v) is 10.1. The molecule has 0 saturated heterocycles. The number of hydrogen-bond donors (Lipinski definition) is 1. The van der Waals surface area contributed by atoms with Gasteiger partial charge >= 0.3 is 0 Å². The monoisotopic (exact) mass is 544 g/mol. The predicted molar refractivity (Wildman–Crippen MR) is 111 cm³/mol. The van der Waals surface area contributed by atoms with E-state index >= 15 is 0 Å². The summed E-state index contributed by atoms with van der Waals surface area (Å²) in [7, 11) is 0. The van der Waals surface area contributed by atoms with E-state index in [9.17, 15) is 0 Å². The Balaban J connectivity index is 2.53. The molecular weight excluding hydrogens is 540 g/mol. The molecule has 2 aromatic rings. The first-order chi connectivity index (χ1) is 11.5. The van der Waals surface area contributed by atoms with Crippen LogP contribution in [0, 0.1) is 0 Å². The summed E-state index contributed by atoms with van der Waals surface area (Å²) in [5.41, 5.74) is 1.46. The lowest BCUT2D eigenvalue weighted by Crippen LogP contribution is -2.16. The van der Waals surface area contributed by atoms with Crippen molar-refractivity contribution < 1.29 is 0 Å². The van der Waals surface area contributed by atoms with Crippen LogP contribution in [0.5, 0.6) is 0 Å². The van der Waals surface area contributed by atoms with Gasteiger partial charge in [0.25, 0.3) is 0 Å². The van der Waals surface area contributed by atoms with Crippen LogP contribution in [0.4, 0.5) is 5.69 Å². The lowest BCUT2D eigenvalue weighted by Gasteiger charge is -2.16. The highest BCUT2D eigenvalue weighted by Gasteiger charge is 2.34. The van der Waals surface area contributed by atoms with Gasteiger partial charge < -0.3 is 5.32 Å². The van der Waals surface area contributed by atoms with Crippen molar-refractivity contribution in [3.05, 3.63) is 34.3 Å². The molecule has 4 nitrogen and oxygen atoms in total. The topological polar surface area (TPSA) is 50.7 Å². The van der Waals surface area contributed by atoms with Crippen LogP contribution in [0.15, 0.2) is 22.7 Å². The minimum absolute atomic E-state index is 0.149. The number of halogens is 8. The van der Waals surface area contributed by atoms with Crippen molar-refractivity contribution in [2.75, 3.05) is 17.7 Å². The summed E-state index contributed by atoms with van der Waals surface area (Å²) in [5, 5.41) is 3.15. The van der Waals surface area contributed by atoms with Gasteiger partial charge in [-0.25, -0.2) is 15.0 Å². The van der Waals surface area contributed by atoms with Crippen LogP contribution >= 0.6 is 97.1 Å². The maximum Gasteiger partial charge on any atom is 0.250 e. The molecule has 12 heteroatoms. The van der Waals surface area contributed by atoms with Crippen molar-refractivity contribution >= 4 is 103 Å². The van der Waals surface area contributed by atoms with Crippen molar-refractivity contribution in [3.63, 3.8) is 0 Å². The Morgan fingerprint density at radius 3 is 1.92 bits per heavy atom. The van der Waals surface area contributed by atoms with Crippen LogP contribution in [0.1, 0.15) is 11.6 Å². The maximum absolute atomic E-state index is 5.87. The molecule has 1 aromatic carbocycles. The summed E-state index contributed by atoms with van der Waals surface area (Å²) >= 11 is 44.4. The van der Waals surface area contributed by atoms with E-state index in [1.807, 2.05) is 6.07 Å². The van der Waals surface area contributed by atoms with Crippen molar-refractivity contribution in [2.45, 2.75) is 7.59 Å². The highest BCUT2D eigenvalue weighted by Crippen LogP contribution is 2.41. The van der Waals surface area contributed by atoms with E-state index in [1.54, 1.807) is 12.1 Å². The number of hydrogen-bond acceptors (Lipinski definition) is 4. The molecule has 0 amide bonds. The number of aromatic nitrogens is 3. The summed E-state index contributed by atoms with van der Waals surface area (Å²) in [5.74, 6) is 0.372. The van der Waals surface area contributed by atoms with E-state index in [4.69, 9.17) is 81.2 Å². The molecule has 136 valence electrons. The quantitative estimate of drug-likeness (QED) is 0.438. The van der Waals surface area contributed by atoms with Gasteiger partial charge in [-0.2, -0.15) is 0 Å². The number of alkyl halides is 7. The molecule has 0 bridgehead atoms. The second kappa shape index (κ2) is 8.70. The second-order valence-electron chi connectivity index (χ2n) is 4.61. The fourth-order valence-corrected chi connectivity index (χ4v) is 2.86. The number of nitrogens with zero attached hydrogens (tertiary/aromatic N) is 3. The fraction of sp³-hybridized carbons (Fsp3) is 0.308. The molecule has 0 radical (unpaired) electrons. The SMILES string of the molecule is ClCCNc1ccc(-c2nc(C(Cl)(Cl)Cl)nc(C(Cl)(Cl)Cl)n2)cc1Br. The van der Waals surface area contributed by atoms with Gasteiger partial charge in [0, 0.05) is 28.1 Å². The van der Waals surface area contributed by atoms with Crippen LogP contribution in [-0.4, -0.2) is 27.4 Å². The fourth-order valence-electron chi connectivity index (χ4n) is 1.74. The minimum Gasteiger partial charge on any atom is -0.383 e. The number of rotatable bonds is 4. The summed E-state index contributed by atoms with van der Waals surface area (Å²) in [6, 6.07) is 5.36. The molecule has 1 aromatic heterocycles. The van der Waals surface area contributed by atoms with Gasteiger partial charge in [-0.3, -0.25) is 0 Å². The van der Waals surface area contributed by atoms with Gasteiger partial charge in [0.15, 0.2) is 17.5 Å². The van der Waals surface area contributed by atoms with E-state index < -0.39 is 7.59 Å². The minimum atomic E-state index is -1.90. The molecule has 2 rings (SSSR count). The maximum atomic E-state index is 5.87. The third-order valence-corrected chi connectivity index (χ3v) is 4.64. The molecule has 0 aliphatic carbocycles. The predicted octanol–water partition coefficient (Wildman–Crippen LogP) is 6.61. The Kier molecular flexibility index (Phi) is 7.60. The summed E-state index contributed by atoms with van der Waals surface area (Å²) in [6.07, 6.45) is 0. The Hall–Kier alpha value is 0.540. The molecule has 1 N–H and O–H groups in total. The number of nitrogens with one attached hydrogen (secondary N) is 1. The molecular formula is C13H8BrCl7N4. The Morgan fingerprint density at radius 1 is 0.920 bits per heavy atom. The first-order valence-electron chi connectivity index (χ1n) is 6.52. The standard InChI is InChI=1S/C13H8BrCl7N4/c14-7-5-6(1-2-8(7)22-4-3-15)9-23-10(12(16,17)18)25-11(24-9)13(19,20)21/h1-2,5,22H,3-4H2. The molecule has 0 saturated carbocycles. The molecule has 1 heterocycles. The van der Waals surface area contributed by atoms with Gasteiger partial charge in [-0.05, 0) is 34.1 Å². The highest BCUT2D eigenvalue weighted by atomic mass is 79.9. The normalized spacial score (nSPS) is 12.3. The summed E-state index contributed by atoms with van der Waals surface area (Å²) in [6.45, 7) is 0.611. The van der Waals surface area contributed by atoms with Crippen LogP contribution in [-0.2, 0) is 7.59 Å². The van der Waals surface area contributed by atoms with Crippen LogP contribution in [0.2, 0.25) is 0 Å². The molecule has 0 aliphatic heterocycles. The van der Waals surface area contributed by atoms with Crippen molar-refractivity contribution in [1.82, 2.24) is 15.0 Å². The summed E-state index contributed by atoms with van der Waals surface area (Å²) < 4.78 is -3.04. The number of benzene rings is 1. The van der Waals surface area contributed by atoms with Gasteiger partial charge in [0.2, 0.25) is 7.59 Å². The van der Waals surface area contributed by atoms with E-state index in [-0.39, 0.29) is 17.5 Å². The zero-order valence-corrected chi connectivity index (χ0v) is 18.9. The molecule has 0 fully saturated rings. The van der Waals surface area contributed by atoms with Crippen molar-refractivity contribution in [1.29, 1.82) is 0 Å². The van der Waals surface area contributed by atoms with Crippen molar-refractivity contribution in [2.24, 2.45) is 0 Å². The van der Waals surface area contributed by atoms with Crippen molar-refractivity contribution in [3.8, 4) is 11.4 Å². The number of anilines is 1. The van der Waals surface area contributed by atoms with E-state index in [0.717, 1.165) is 10.2 Å². The molecule has 0 atom stereocenters. The lowest BCUT2D eigenvalue weighted by atomic mass is 10.2. The van der Waals surface area contributed by atoms with Gasteiger partial charge in [-0.1, -0.05) is 69.6 Å². The van der Waals surface area contributed by atoms with Crippen LogP contribution in [0.3, 0.4) is 0 Å². The van der Waals surface area contributed by atoms with Gasteiger partial charge in [0.1, 0.15) is 0 Å². The lowest BCUT2D eigenvalue weighted by molar-refractivity contribution is 0.851. The zero-order chi connectivity index (χ0) is 18.8. The zero-order valence-electron chi connectivity index (χ0n) is 12.0. The van der Waals surface area contributed by atoms with E-state index in [0.29, 0.717) is 18.0 Å². The van der Waals surface area contributed by atoms with E-state index in [2.05, 4.69) is 36.2 Å². The molecule has 0 aliphatic rings. The average molecular weight is 548 g/mol. The highest BCUT2D eigenvalue weighted by molar-refractivity contribution is 9.10. The smallest absolute Gasteiger partial charge is 0.250 e. The van der Waals surface area contributed by atoms with Gasteiger partial charge in [0.05, 0.1) is 0 Å². The van der Waals surface area contributed by atoms with E-state index in [1.165, 1.54) is 0 Å². The third kappa shape index (κ3) is 6.01. The Bertz CT molecular complexity index is 729. The van der Waals surface area contributed by atoms with Gasteiger partial charge in [-0.15, -0.1) is 11.6 Å². The second-order valence-corrected chi connectivity index (χ2v) is 10.4. The van der Waals surface area contributed by atoms with Crippen LogP contribution < -0.4 is 5.32 Å². The largest absolute Gasteiger partial charge is 0.383 e. The van der Waals surface area contributed by atoms with Crippen LogP contribution in [0.25, 0.3) is 11.4 Å². The Morgan fingerprint density at radius 2 is 1.48 bits per heavy atom. The average Bonchev–Trinajstić information content (AvgIpc) is 2.51. The Labute approximate surface area is 187 Å². The molecule has 25 heavy (non-hydrogen) atoms.